The summed E-state index contributed by atoms with van der Waals surface area (Å²) in [5.41, 5.74) is 3.37. The van der Waals surface area contributed by atoms with Gasteiger partial charge >= 0.3 is 6.09 Å². The van der Waals surface area contributed by atoms with Crippen molar-refractivity contribution in [2.45, 2.75) is 20.8 Å². The van der Waals surface area contributed by atoms with Crippen molar-refractivity contribution >= 4 is 34.5 Å². The quantitative estimate of drug-likeness (QED) is 0.654. The van der Waals surface area contributed by atoms with E-state index in [0.29, 0.717) is 49.1 Å². The molecule has 3 heterocycles. The van der Waals surface area contributed by atoms with Crippen LogP contribution in [0.25, 0.3) is 16.9 Å². The monoisotopic (exact) mass is 414 g/mol. The zero-order valence-electron chi connectivity index (χ0n) is 16.7. The maximum atomic E-state index is 12.0. The Balaban J connectivity index is 1.73. The van der Waals surface area contributed by atoms with Gasteiger partial charge in [-0.15, -0.1) is 0 Å². The molecule has 152 valence electrons. The molecule has 1 aromatic carbocycles. The van der Waals surface area contributed by atoms with Crippen molar-refractivity contribution in [1.29, 1.82) is 0 Å². The summed E-state index contributed by atoms with van der Waals surface area (Å²) in [5, 5.41) is 5.22. The number of rotatable bonds is 3. The van der Waals surface area contributed by atoms with Crippen molar-refractivity contribution in [3.05, 3.63) is 40.7 Å². The molecule has 0 bridgehead atoms. The van der Waals surface area contributed by atoms with E-state index < -0.39 is 0 Å². The lowest BCUT2D eigenvalue weighted by Crippen LogP contribution is -2.49. The normalized spacial score (nSPS) is 14.5. The SMILES string of the molecule is CCOC(=O)N1CCN(c2nc3ccc(Cl)cc3nc2-n2nc(C)cc2C)CC1. The Morgan fingerprint density at radius 2 is 1.79 bits per heavy atom. The first-order chi connectivity index (χ1) is 14.0. The molecule has 4 rings (SSSR count). The lowest BCUT2D eigenvalue weighted by Gasteiger charge is -2.35. The van der Waals surface area contributed by atoms with Crippen LogP contribution >= 0.6 is 11.6 Å². The molecule has 1 amide bonds. The fourth-order valence-electron chi connectivity index (χ4n) is 3.52. The number of hydrogen-bond donors (Lipinski definition) is 0. The minimum atomic E-state index is -0.273. The molecule has 0 saturated carbocycles. The third-order valence-electron chi connectivity index (χ3n) is 4.91. The average Bonchev–Trinajstić information content (AvgIpc) is 3.05. The van der Waals surface area contributed by atoms with Gasteiger partial charge in [-0.1, -0.05) is 11.6 Å². The van der Waals surface area contributed by atoms with Crippen LogP contribution in [-0.4, -0.2) is 63.5 Å². The summed E-state index contributed by atoms with van der Waals surface area (Å²) < 4.78 is 6.93. The van der Waals surface area contributed by atoms with E-state index in [2.05, 4.69) is 10.00 Å². The standard InChI is InChI=1S/C20H23ClN6O2/c1-4-29-20(28)26-9-7-25(8-10-26)18-19(27-14(3)11-13(2)24-27)23-17-12-15(21)5-6-16(17)22-18/h5-6,11-12H,4,7-10H2,1-3H3. The van der Waals surface area contributed by atoms with E-state index in [4.69, 9.17) is 26.3 Å². The van der Waals surface area contributed by atoms with Crippen LogP contribution in [0, 0.1) is 13.8 Å². The first kappa shape index (κ1) is 19.4. The van der Waals surface area contributed by atoms with Crippen molar-refractivity contribution in [2.24, 2.45) is 0 Å². The highest BCUT2D eigenvalue weighted by Crippen LogP contribution is 2.27. The van der Waals surface area contributed by atoms with Gasteiger partial charge in [0.25, 0.3) is 0 Å². The topological polar surface area (TPSA) is 76.4 Å². The second-order valence-electron chi connectivity index (χ2n) is 7.02. The molecule has 1 saturated heterocycles. The molecule has 1 aliphatic heterocycles. The van der Waals surface area contributed by atoms with Gasteiger partial charge in [0.2, 0.25) is 0 Å². The zero-order chi connectivity index (χ0) is 20.5. The molecule has 0 spiro atoms. The summed E-state index contributed by atoms with van der Waals surface area (Å²) in [6.07, 6.45) is -0.273. The van der Waals surface area contributed by atoms with Crippen molar-refractivity contribution in [3.63, 3.8) is 0 Å². The number of carbonyl (C=O) groups excluding carboxylic acids is 1. The minimum Gasteiger partial charge on any atom is -0.450 e. The van der Waals surface area contributed by atoms with Crippen LogP contribution in [0.5, 0.6) is 0 Å². The lowest BCUT2D eigenvalue weighted by molar-refractivity contribution is 0.105. The number of anilines is 1. The molecular formula is C20H23ClN6O2. The second kappa shape index (κ2) is 7.87. The molecule has 0 unspecified atom stereocenters. The van der Waals surface area contributed by atoms with E-state index in [1.807, 2.05) is 49.7 Å². The van der Waals surface area contributed by atoms with Gasteiger partial charge in [-0.2, -0.15) is 5.10 Å². The minimum absolute atomic E-state index is 0.273. The molecule has 1 fully saturated rings. The van der Waals surface area contributed by atoms with Gasteiger partial charge in [-0.3, -0.25) is 0 Å². The molecule has 29 heavy (non-hydrogen) atoms. The number of hydrogen-bond acceptors (Lipinski definition) is 6. The molecule has 0 atom stereocenters. The van der Waals surface area contributed by atoms with Crippen molar-refractivity contribution < 1.29 is 9.53 Å². The predicted octanol–water partition coefficient (Wildman–Crippen LogP) is 3.36. The molecule has 0 aliphatic carbocycles. The molecule has 8 nitrogen and oxygen atoms in total. The van der Waals surface area contributed by atoms with E-state index in [9.17, 15) is 4.79 Å². The maximum absolute atomic E-state index is 12.0. The molecule has 0 radical (unpaired) electrons. The Morgan fingerprint density at radius 1 is 1.07 bits per heavy atom. The van der Waals surface area contributed by atoms with Gasteiger partial charge in [0.1, 0.15) is 0 Å². The first-order valence-electron chi connectivity index (χ1n) is 9.64. The molecule has 1 aliphatic rings. The lowest BCUT2D eigenvalue weighted by atomic mass is 10.2. The number of aryl methyl sites for hydroxylation is 2. The summed E-state index contributed by atoms with van der Waals surface area (Å²) in [6, 6.07) is 7.49. The number of fused-ring (bicyclic) bond motifs is 1. The van der Waals surface area contributed by atoms with Crippen LogP contribution in [0.4, 0.5) is 10.6 Å². The Labute approximate surface area is 174 Å². The predicted molar refractivity (Wildman–Crippen MR) is 112 cm³/mol. The Hall–Kier alpha value is -2.87. The molecule has 0 N–H and O–H groups in total. The zero-order valence-corrected chi connectivity index (χ0v) is 17.5. The van der Waals surface area contributed by atoms with Gasteiger partial charge in [0.05, 0.1) is 23.3 Å². The largest absolute Gasteiger partial charge is 0.450 e. The van der Waals surface area contributed by atoms with Gasteiger partial charge in [-0.05, 0) is 45.0 Å². The number of amides is 1. The highest BCUT2D eigenvalue weighted by atomic mass is 35.5. The number of carbonyl (C=O) groups is 1. The van der Waals surface area contributed by atoms with E-state index in [1.54, 1.807) is 4.90 Å². The van der Waals surface area contributed by atoms with Crippen molar-refractivity contribution in [2.75, 3.05) is 37.7 Å². The number of halogens is 1. The van der Waals surface area contributed by atoms with Crippen LogP contribution in [0.2, 0.25) is 5.02 Å². The van der Waals surface area contributed by atoms with E-state index >= 15 is 0 Å². The number of aromatic nitrogens is 4. The highest BCUT2D eigenvalue weighted by Gasteiger charge is 2.26. The number of ether oxygens (including phenoxy) is 1. The van der Waals surface area contributed by atoms with Crippen LogP contribution in [-0.2, 0) is 4.74 Å². The number of benzene rings is 1. The van der Waals surface area contributed by atoms with E-state index in [1.165, 1.54) is 0 Å². The van der Waals surface area contributed by atoms with E-state index in [-0.39, 0.29) is 6.09 Å². The summed E-state index contributed by atoms with van der Waals surface area (Å²) in [5.74, 6) is 1.41. The van der Waals surface area contributed by atoms with Gasteiger partial charge < -0.3 is 14.5 Å². The van der Waals surface area contributed by atoms with Gasteiger partial charge in [-0.25, -0.2) is 19.4 Å². The Kier molecular flexibility index (Phi) is 5.27. The molecule has 9 heteroatoms. The number of nitrogens with zero attached hydrogens (tertiary/aromatic N) is 6. The fraction of sp³-hybridized carbons (Fsp3) is 0.400. The summed E-state index contributed by atoms with van der Waals surface area (Å²) >= 11 is 6.16. The Bertz CT molecular complexity index is 1060. The van der Waals surface area contributed by atoms with Crippen LogP contribution in [0.15, 0.2) is 24.3 Å². The average molecular weight is 415 g/mol. The van der Waals surface area contributed by atoms with Crippen molar-refractivity contribution in [1.82, 2.24) is 24.6 Å². The Morgan fingerprint density at radius 3 is 2.45 bits per heavy atom. The summed E-state index contributed by atoms with van der Waals surface area (Å²) in [6.45, 7) is 8.54. The molecular weight excluding hydrogens is 392 g/mol. The fourth-order valence-corrected chi connectivity index (χ4v) is 3.69. The van der Waals surface area contributed by atoms with Gasteiger partial charge in [0, 0.05) is 36.9 Å². The van der Waals surface area contributed by atoms with Gasteiger partial charge in [0.15, 0.2) is 11.6 Å². The smallest absolute Gasteiger partial charge is 0.409 e. The van der Waals surface area contributed by atoms with E-state index in [0.717, 1.165) is 22.7 Å². The summed E-state index contributed by atoms with van der Waals surface area (Å²) in [7, 11) is 0. The third kappa shape index (κ3) is 3.85. The maximum Gasteiger partial charge on any atom is 0.409 e. The highest BCUT2D eigenvalue weighted by molar-refractivity contribution is 6.31. The van der Waals surface area contributed by atoms with Crippen LogP contribution in [0.3, 0.4) is 0 Å². The van der Waals surface area contributed by atoms with Crippen LogP contribution in [0.1, 0.15) is 18.3 Å². The van der Waals surface area contributed by atoms with Crippen molar-refractivity contribution in [3.8, 4) is 5.82 Å². The third-order valence-corrected chi connectivity index (χ3v) is 5.14. The summed E-state index contributed by atoms with van der Waals surface area (Å²) in [4.78, 5) is 25.6. The molecule has 2 aromatic heterocycles. The first-order valence-corrected chi connectivity index (χ1v) is 10.0. The molecule has 3 aromatic rings. The number of piperazine rings is 1. The second-order valence-corrected chi connectivity index (χ2v) is 7.45. The van der Waals surface area contributed by atoms with Crippen LogP contribution < -0.4 is 4.90 Å².